The maximum Gasteiger partial charge on any atom is 0.162 e. The molecule has 1 aromatic heterocycles. The molecule has 158 valence electrons. The van der Waals surface area contributed by atoms with E-state index in [1.807, 2.05) is 48.5 Å². The molecule has 0 saturated carbocycles. The zero-order chi connectivity index (χ0) is 21.6. The van der Waals surface area contributed by atoms with E-state index in [1.165, 1.54) is 12.1 Å². The second-order valence-electron chi connectivity index (χ2n) is 6.64. The third kappa shape index (κ3) is 4.98. The summed E-state index contributed by atoms with van der Waals surface area (Å²) in [5.74, 6) is 1.46. The van der Waals surface area contributed by atoms with E-state index < -0.39 is 5.82 Å². The molecule has 0 aliphatic rings. The quantitative estimate of drug-likeness (QED) is 0.330. The monoisotopic (exact) mass is 438 g/mol. The highest BCUT2D eigenvalue weighted by atomic mass is 35.5. The van der Waals surface area contributed by atoms with E-state index in [0.29, 0.717) is 30.4 Å². The minimum absolute atomic E-state index is 0.0486. The van der Waals surface area contributed by atoms with Crippen LogP contribution in [-0.2, 0) is 0 Å². The third-order valence-corrected chi connectivity index (χ3v) is 4.87. The molecule has 3 aromatic carbocycles. The summed E-state index contributed by atoms with van der Waals surface area (Å²) in [6.07, 6.45) is 1.68. The van der Waals surface area contributed by atoms with Gasteiger partial charge in [0.1, 0.15) is 24.8 Å². The topological polar surface area (TPSA) is 52.6 Å². The highest BCUT2D eigenvalue weighted by Crippen LogP contribution is 2.36. The fourth-order valence-electron chi connectivity index (χ4n) is 3.09. The summed E-state index contributed by atoms with van der Waals surface area (Å²) in [4.78, 5) is 4.41. The van der Waals surface area contributed by atoms with Crippen LogP contribution in [0.4, 0.5) is 15.8 Å². The summed E-state index contributed by atoms with van der Waals surface area (Å²) < 4.78 is 30.5. The smallest absolute Gasteiger partial charge is 0.162 e. The van der Waals surface area contributed by atoms with Gasteiger partial charge in [-0.3, -0.25) is 4.98 Å². The van der Waals surface area contributed by atoms with Gasteiger partial charge in [0.05, 0.1) is 17.6 Å². The van der Waals surface area contributed by atoms with Crippen LogP contribution in [-0.4, -0.2) is 25.3 Å². The summed E-state index contributed by atoms with van der Waals surface area (Å²) >= 11 is 5.90. The minimum atomic E-state index is -0.468. The molecule has 0 bridgehead atoms. The third-order valence-electron chi connectivity index (χ3n) is 4.58. The molecule has 7 heteroatoms. The van der Waals surface area contributed by atoms with Gasteiger partial charge >= 0.3 is 0 Å². The molecule has 4 rings (SSSR count). The first kappa shape index (κ1) is 20.8. The van der Waals surface area contributed by atoms with Crippen LogP contribution < -0.4 is 19.5 Å². The van der Waals surface area contributed by atoms with E-state index in [9.17, 15) is 4.39 Å². The van der Waals surface area contributed by atoms with Crippen molar-refractivity contribution in [2.45, 2.75) is 0 Å². The Kier molecular flexibility index (Phi) is 6.38. The molecule has 31 heavy (non-hydrogen) atoms. The van der Waals surface area contributed by atoms with Crippen molar-refractivity contribution in [1.29, 1.82) is 0 Å². The predicted molar refractivity (Wildman–Crippen MR) is 120 cm³/mol. The number of nitrogens with zero attached hydrogens (tertiary/aromatic N) is 1. The molecule has 1 heterocycles. The number of hydrogen-bond donors (Lipinski definition) is 1. The van der Waals surface area contributed by atoms with Gasteiger partial charge in [0.2, 0.25) is 0 Å². The molecule has 0 saturated heterocycles. The zero-order valence-corrected chi connectivity index (χ0v) is 17.5. The second-order valence-corrected chi connectivity index (χ2v) is 7.05. The molecule has 5 nitrogen and oxygen atoms in total. The summed E-state index contributed by atoms with van der Waals surface area (Å²) in [7, 11) is 1.58. The first-order valence-corrected chi connectivity index (χ1v) is 10.0. The molecule has 1 N–H and O–H groups in total. The Balaban J connectivity index is 1.55. The standard InChI is InChI=1S/C24H20ClFN2O3/c1-29-23-15-22-18(14-24(23)31-12-11-30-17-5-3-2-4-6-17)21(9-10-27-22)28-16-7-8-20(26)19(25)13-16/h2-10,13-15H,11-12H2,1H3,(H,27,28). The van der Waals surface area contributed by atoms with Crippen LogP contribution in [0.2, 0.25) is 5.02 Å². The lowest BCUT2D eigenvalue weighted by Gasteiger charge is -2.15. The molecule has 0 amide bonds. The summed E-state index contributed by atoms with van der Waals surface area (Å²) in [5, 5.41) is 4.13. The number of fused-ring (bicyclic) bond motifs is 1. The van der Waals surface area contributed by atoms with Gasteiger partial charge in [-0.05, 0) is 42.5 Å². The van der Waals surface area contributed by atoms with E-state index in [-0.39, 0.29) is 5.02 Å². The van der Waals surface area contributed by atoms with Crippen LogP contribution in [0, 0.1) is 5.82 Å². The van der Waals surface area contributed by atoms with Crippen LogP contribution in [0.15, 0.2) is 72.9 Å². The Hall–Kier alpha value is -3.51. The van der Waals surface area contributed by atoms with Gasteiger partial charge in [-0.1, -0.05) is 29.8 Å². The van der Waals surface area contributed by atoms with Gasteiger partial charge in [0.25, 0.3) is 0 Å². The highest BCUT2D eigenvalue weighted by molar-refractivity contribution is 6.31. The van der Waals surface area contributed by atoms with Crippen molar-refractivity contribution in [1.82, 2.24) is 4.98 Å². The van der Waals surface area contributed by atoms with Gasteiger partial charge < -0.3 is 19.5 Å². The first-order chi connectivity index (χ1) is 15.1. The number of aromatic nitrogens is 1. The molecule has 0 aliphatic heterocycles. The SMILES string of the molecule is COc1cc2nccc(Nc3ccc(F)c(Cl)c3)c2cc1OCCOc1ccccc1. The molecule has 0 atom stereocenters. The van der Waals surface area contributed by atoms with Crippen LogP contribution in [0.5, 0.6) is 17.2 Å². The highest BCUT2D eigenvalue weighted by Gasteiger charge is 2.12. The molecule has 0 fully saturated rings. The van der Waals surface area contributed by atoms with Crippen LogP contribution in [0.1, 0.15) is 0 Å². The number of rotatable bonds is 8. The number of halogens is 2. The van der Waals surface area contributed by atoms with Crippen LogP contribution >= 0.6 is 11.6 Å². The predicted octanol–water partition coefficient (Wildman–Crippen LogP) is 6.24. The number of anilines is 2. The molecular formula is C24H20ClFN2O3. The summed E-state index contributed by atoms with van der Waals surface area (Å²) in [5.41, 5.74) is 2.16. The van der Waals surface area contributed by atoms with Crippen molar-refractivity contribution in [3.8, 4) is 17.2 Å². The summed E-state index contributed by atoms with van der Waals surface area (Å²) in [6.45, 7) is 0.727. The Morgan fingerprint density at radius 3 is 2.52 bits per heavy atom. The first-order valence-electron chi connectivity index (χ1n) is 9.63. The fourth-order valence-corrected chi connectivity index (χ4v) is 3.27. The molecular weight excluding hydrogens is 419 g/mol. The average Bonchev–Trinajstić information content (AvgIpc) is 2.79. The van der Waals surface area contributed by atoms with Crippen molar-refractivity contribution in [2.24, 2.45) is 0 Å². The largest absolute Gasteiger partial charge is 0.493 e. The maximum absolute atomic E-state index is 13.5. The van der Waals surface area contributed by atoms with Crippen molar-refractivity contribution in [3.05, 3.63) is 83.8 Å². The molecule has 0 spiro atoms. The number of para-hydroxylation sites is 1. The number of pyridine rings is 1. The fraction of sp³-hybridized carbons (Fsp3) is 0.125. The number of nitrogens with one attached hydrogen (secondary N) is 1. The van der Waals surface area contributed by atoms with E-state index in [2.05, 4.69) is 10.3 Å². The number of methoxy groups -OCH3 is 1. The van der Waals surface area contributed by atoms with Gasteiger partial charge in [0, 0.05) is 29.0 Å². The minimum Gasteiger partial charge on any atom is -0.493 e. The normalized spacial score (nSPS) is 10.7. The number of benzene rings is 3. The Morgan fingerprint density at radius 2 is 1.74 bits per heavy atom. The molecule has 4 aromatic rings. The second kappa shape index (κ2) is 9.53. The van der Waals surface area contributed by atoms with E-state index in [0.717, 1.165) is 22.3 Å². The van der Waals surface area contributed by atoms with Crippen LogP contribution in [0.25, 0.3) is 10.9 Å². The Bertz CT molecular complexity index is 1190. The van der Waals surface area contributed by atoms with Crippen molar-refractivity contribution < 1.29 is 18.6 Å². The Morgan fingerprint density at radius 1 is 0.935 bits per heavy atom. The lowest BCUT2D eigenvalue weighted by atomic mass is 10.1. The zero-order valence-electron chi connectivity index (χ0n) is 16.8. The average molecular weight is 439 g/mol. The van der Waals surface area contributed by atoms with Gasteiger partial charge in [0.15, 0.2) is 11.5 Å². The summed E-state index contributed by atoms with van der Waals surface area (Å²) in [6, 6.07) is 19.5. The van der Waals surface area contributed by atoms with Gasteiger partial charge in [-0.25, -0.2) is 4.39 Å². The molecule has 0 radical (unpaired) electrons. The van der Waals surface area contributed by atoms with Crippen LogP contribution in [0.3, 0.4) is 0 Å². The lowest BCUT2D eigenvalue weighted by Crippen LogP contribution is -2.09. The molecule has 0 aliphatic carbocycles. The van der Waals surface area contributed by atoms with Crippen molar-refractivity contribution in [2.75, 3.05) is 25.6 Å². The van der Waals surface area contributed by atoms with Gasteiger partial charge in [-0.2, -0.15) is 0 Å². The van der Waals surface area contributed by atoms with Gasteiger partial charge in [-0.15, -0.1) is 0 Å². The van der Waals surface area contributed by atoms with E-state index >= 15 is 0 Å². The van der Waals surface area contributed by atoms with E-state index in [4.69, 9.17) is 25.8 Å². The number of hydrogen-bond acceptors (Lipinski definition) is 5. The maximum atomic E-state index is 13.5. The van der Waals surface area contributed by atoms with E-state index in [1.54, 1.807) is 19.4 Å². The number of ether oxygens (including phenoxy) is 3. The lowest BCUT2D eigenvalue weighted by molar-refractivity contribution is 0.211. The van der Waals surface area contributed by atoms with Crippen molar-refractivity contribution >= 4 is 33.9 Å². The molecule has 0 unspecified atom stereocenters. The van der Waals surface area contributed by atoms with Crippen molar-refractivity contribution in [3.63, 3.8) is 0 Å². The Labute approximate surface area is 184 Å².